The zero-order valence-corrected chi connectivity index (χ0v) is 12.7. The summed E-state index contributed by atoms with van der Waals surface area (Å²) in [5, 5.41) is -0.0694. The van der Waals surface area contributed by atoms with Crippen molar-refractivity contribution >= 4 is 30.5 Å². The number of hydrogen-bond acceptors (Lipinski definition) is 7. The molecule has 2 bridgehead atoms. The summed E-state index contributed by atoms with van der Waals surface area (Å²) in [6.45, 7) is 3.33. The molecule has 3 aliphatic rings. The van der Waals surface area contributed by atoms with Crippen LogP contribution in [0.4, 0.5) is 0 Å². The number of carbonyl (C=O) groups is 3. The minimum Gasteiger partial charge on any atom is -0.464 e. The van der Waals surface area contributed by atoms with Crippen LogP contribution in [0.1, 0.15) is 20.3 Å². The maximum Gasteiger partial charge on any atom is 0.310 e. The Morgan fingerprint density at radius 3 is 2.76 bits per heavy atom. The van der Waals surface area contributed by atoms with Crippen molar-refractivity contribution in [2.75, 3.05) is 6.61 Å². The van der Waals surface area contributed by atoms with Gasteiger partial charge in [-0.2, -0.15) is 12.6 Å². The first-order valence-electron chi connectivity index (χ1n) is 7.12. The third-order valence-corrected chi connectivity index (χ3v) is 4.74. The van der Waals surface area contributed by atoms with Crippen molar-refractivity contribution in [1.82, 2.24) is 0 Å². The molecule has 6 unspecified atom stereocenters. The second-order valence-corrected chi connectivity index (χ2v) is 6.95. The Labute approximate surface area is 127 Å². The Balaban J connectivity index is 1.79. The van der Waals surface area contributed by atoms with E-state index in [9.17, 15) is 14.4 Å². The molecule has 2 saturated carbocycles. The van der Waals surface area contributed by atoms with E-state index in [0.717, 1.165) is 0 Å². The normalized spacial score (nSPS) is 40.8. The van der Waals surface area contributed by atoms with Crippen molar-refractivity contribution in [3.05, 3.63) is 0 Å². The molecule has 6 nitrogen and oxygen atoms in total. The summed E-state index contributed by atoms with van der Waals surface area (Å²) in [5.41, 5.74) is 0. The Kier molecular flexibility index (Phi) is 3.63. The Hall–Kier alpha value is -1.24. The summed E-state index contributed by atoms with van der Waals surface area (Å²) in [4.78, 5) is 35.5. The molecule has 0 spiro atoms. The highest BCUT2D eigenvalue weighted by atomic mass is 32.1. The summed E-state index contributed by atoms with van der Waals surface area (Å²) >= 11 is 4.17. The summed E-state index contributed by atoms with van der Waals surface area (Å²) in [6, 6.07) is 0. The van der Waals surface area contributed by atoms with Crippen LogP contribution >= 0.6 is 12.6 Å². The van der Waals surface area contributed by atoms with Gasteiger partial charge in [0.1, 0.15) is 18.8 Å². The lowest BCUT2D eigenvalue weighted by molar-refractivity contribution is -0.164. The molecule has 3 rings (SSSR count). The van der Waals surface area contributed by atoms with E-state index >= 15 is 0 Å². The highest BCUT2D eigenvalue weighted by molar-refractivity contribution is 7.80. The number of fused-ring (bicyclic) bond motifs is 1. The zero-order chi connectivity index (χ0) is 15.3. The van der Waals surface area contributed by atoms with Crippen molar-refractivity contribution in [3.8, 4) is 0 Å². The molecule has 1 saturated heterocycles. The van der Waals surface area contributed by atoms with Gasteiger partial charge in [-0.15, -0.1) is 0 Å². The second-order valence-electron chi connectivity index (χ2n) is 6.07. The first-order chi connectivity index (χ1) is 9.90. The molecule has 3 fully saturated rings. The van der Waals surface area contributed by atoms with Gasteiger partial charge < -0.3 is 14.2 Å². The highest BCUT2D eigenvalue weighted by Gasteiger charge is 2.70. The van der Waals surface area contributed by atoms with E-state index in [1.54, 1.807) is 0 Å². The van der Waals surface area contributed by atoms with Crippen LogP contribution in [0, 0.1) is 23.7 Å². The number of rotatable bonds is 4. The predicted octanol–water partition coefficient (Wildman–Crippen LogP) is 0.587. The molecule has 0 aromatic heterocycles. The first kappa shape index (κ1) is 14.7. The number of carbonyl (C=O) groups excluding carboxylic acids is 3. The average molecular weight is 314 g/mol. The molecular formula is C14H18O6S. The van der Waals surface area contributed by atoms with E-state index < -0.39 is 36.0 Å². The smallest absolute Gasteiger partial charge is 0.310 e. The van der Waals surface area contributed by atoms with Gasteiger partial charge in [0, 0.05) is 24.0 Å². The molecule has 0 aromatic rings. The lowest BCUT2D eigenvalue weighted by atomic mass is 9.78. The van der Waals surface area contributed by atoms with Gasteiger partial charge in [-0.05, 0) is 6.42 Å². The van der Waals surface area contributed by atoms with Crippen LogP contribution < -0.4 is 0 Å². The molecule has 2 aliphatic carbocycles. The van der Waals surface area contributed by atoms with Gasteiger partial charge >= 0.3 is 17.9 Å². The Morgan fingerprint density at radius 2 is 2.14 bits per heavy atom. The van der Waals surface area contributed by atoms with Crippen molar-refractivity contribution in [2.24, 2.45) is 23.7 Å². The topological polar surface area (TPSA) is 78.9 Å². The molecule has 0 radical (unpaired) electrons. The molecule has 1 heterocycles. The van der Waals surface area contributed by atoms with Gasteiger partial charge in [0.05, 0.1) is 11.8 Å². The van der Waals surface area contributed by atoms with Gasteiger partial charge in [0.15, 0.2) is 0 Å². The largest absolute Gasteiger partial charge is 0.464 e. The van der Waals surface area contributed by atoms with Crippen molar-refractivity contribution in [3.63, 3.8) is 0 Å². The van der Waals surface area contributed by atoms with Gasteiger partial charge in [-0.3, -0.25) is 14.4 Å². The van der Waals surface area contributed by atoms with E-state index in [-0.39, 0.29) is 29.7 Å². The molecule has 7 atom stereocenters. The maximum absolute atomic E-state index is 12.3. The van der Waals surface area contributed by atoms with Crippen LogP contribution in [0.5, 0.6) is 0 Å². The molecule has 0 N–H and O–H groups in total. The van der Waals surface area contributed by atoms with E-state index in [2.05, 4.69) is 12.6 Å². The van der Waals surface area contributed by atoms with E-state index in [1.807, 2.05) is 6.92 Å². The molecule has 0 amide bonds. The fourth-order valence-electron chi connectivity index (χ4n) is 3.96. The van der Waals surface area contributed by atoms with Crippen LogP contribution in [0.15, 0.2) is 0 Å². The van der Waals surface area contributed by atoms with E-state index in [0.29, 0.717) is 6.42 Å². The quantitative estimate of drug-likeness (QED) is 0.465. The third kappa shape index (κ3) is 2.31. The van der Waals surface area contributed by atoms with Crippen molar-refractivity contribution in [2.45, 2.75) is 37.7 Å². The standard InChI is InChI=1S/C14H18O6S/c1-5(21)4-18-13(16)9-7-3-8-10(9)14(17)20-12(8)11(7)19-6(2)15/h5,7-12,21H,3-4H2,1-2H3/t5-,7?,8?,9?,10?,11?,12?/m1/s1. The number of ether oxygens (including phenoxy) is 3. The molecule has 7 heteroatoms. The molecule has 116 valence electrons. The minimum atomic E-state index is -0.572. The summed E-state index contributed by atoms with van der Waals surface area (Å²) < 4.78 is 15.8. The number of hydrogen-bond donors (Lipinski definition) is 1. The van der Waals surface area contributed by atoms with E-state index in [1.165, 1.54) is 6.92 Å². The number of thiol groups is 1. The molecule has 1 aliphatic heterocycles. The van der Waals surface area contributed by atoms with Gasteiger partial charge in [0.2, 0.25) is 0 Å². The Bertz CT molecular complexity index is 490. The summed E-state index contributed by atoms with van der Waals surface area (Å²) in [6.07, 6.45) is -0.264. The monoisotopic (exact) mass is 314 g/mol. The zero-order valence-electron chi connectivity index (χ0n) is 11.9. The molecule has 0 aromatic carbocycles. The predicted molar refractivity (Wildman–Crippen MR) is 73.4 cm³/mol. The fourth-order valence-corrected chi connectivity index (χ4v) is 4.03. The maximum atomic E-state index is 12.3. The lowest BCUT2D eigenvalue weighted by Crippen LogP contribution is -2.43. The van der Waals surface area contributed by atoms with Crippen LogP contribution in [0.2, 0.25) is 0 Å². The first-order valence-corrected chi connectivity index (χ1v) is 7.64. The average Bonchev–Trinajstić information content (AvgIpc) is 2.98. The van der Waals surface area contributed by atoms with Crippen LogP contribution in [0.3, 0.4) is 0 Å². The van der Waals surface area contributed by atoms with Crippen LogP contribution in [-0.2, 0) is 28.6 Å². The van der Waals surface area contributed by atoms with Crippen LogP contribution in [-0.4, -0.2) is 42.0 Å². The second kappa shape index (κ2) is 5.19. The Morgan fingerprint density at radius 1 is 1.43 bits per heavy atom. The van der Waals surface area contributed by atoms with Gasteiger partial charge in [-0.1, -0.05) is 6.92 Å². The van der Waals surface area contributed by atoms with Crippen molar-refractivity contribution in [1.29, 1.82) is 0 Å². The summed E-state index contributed by atoms with van der Waals surface area (Å²) in [7, 11) is 0. The SMILES string of the molecule is CC(=O)OC1C2CC3C1OC(=O)C3C2C(=O)OC[C@@H](C)S. The van der Waals surface area contributed by atoms with Crippen LogP contribution in [0.25, 0.3) is 0 Å². The van der Waals surface area contributed by atoms with Gasteiger partial charge in [-0.25, -0.2) is 0 Å². The van der Waals surface area contributed by atoms with Gasteiger partial charge in [0.25, 0.3) is 0 Å². The van der Waals surface area contributed by atoms with E-state index in [4.69, 9.17) is 14.2 Å². The van der Waals surface area contributed by atoms with Crippen molar-refractivity contribution < 1.29 is 28.6 Å². The highest BCUT2D eigenvalue weighted by Crippen LogP contribution is 2.58. The summed E-state index contributed by atoms with van der Waals surface area (Å²) in [5.74, 6) is -2.47. The lowest BCUT2D eigenvalue weighted by Gasteiger charge is -2.29. The third-order valence-electron chi connectivity index (χ3n) is 4.59. The fraction of sp³-hybridized carbons (Fsp3) is 0.786. The molecular weight excluding hydrogens is 296 g/mol. The minimum absolute atomic E-state index is 0.0437. The molecule has 21 heavy (non-hydrogen) atoms. The number of esters is 3.